The van der Waals surface area contributed by atoms with Crippen molar-refractivity contribution in [2.45, 2.75) is 18.9 Å². The molecule has 2 atom stereocenters. The monoisotopic (exact) mass is 285 g/mol. The summed E-state index contributed by atoms with van der Waals surface area (Å²) in [7, 11) is 0. The average molecular weight is 286 g/mol. The first-order valence-electron chi connectivity index (χ1n) is 5.72. The van der Waals surface area contributed by atoms with Crippen LogP contribution in [0.25, 0.3) is 0 Å². The number of hydrogen-bond acceptors (Lipinski definition) is 3. The molecule has 1 heterocycles. The molecule has 3 nitrogen and oxygen atoms in total. The topological polar surface area (TPSA) is 53.2 Å². The minimum atomic E-state index is -1.04. The molecule has 1 aromatic rings. The van der Waals surface area contributed by atoms with Crippen LogP contribution in [0, 0.1) is 16.7 Å². The lowest BCUT2D eigenvalue weighted by atomic mass is 9.76. The molecule has 1 aliphatic rings. The van der Waals surface area contributed by atoms with Gasteiger partial charge in [-0.1, -0.05) is 29.3 Å². The van der Waals surface area contributed by atoms with E-state index < -0.39 is 11.5 Å². The third-order valence-corrected chi connectivity index (χ3v) is 3.95. The summed E-state index contributed by atoms with van der Waals surface area (Å²) in [6.45, 7) is 0.818. The van der Waals surface area contributed by atoms with Crippen LogP contribution in [0.2, 0.25) is 10.0 Å². The highest BCUT2D eigenvalue weighted by molar-refractivity contribution is 6.36. The lowest BCUT2D eigenvalue weighted by molar-refractivity contribution is -0.0505. The summed E-state index contributed by atoms with van der Waals surface area (Å²) in [5, 5.41) is 20.6. The van der Waals surface area contributed by atoms with E-state index in [0.29, 0.717) is 28.6 Å². The van der Waals surface area contributed by atoms with Gasteiger partial charge in [0.2, 0.25) is 0 Å². The molecule has 1 aromatic carbocycles. The van der Waals surface area contributed by atoms with Crippen molar-refractivity contribution < 1.29 is 9.84 Å². The Morgan fingerprint density at radius 3 is 2.56 bits per heavy atom. The standard InChI is InChI=1S/C13H13Cl2NO2/c14-9-3-1-4-10(15)11(9)12(17)13(7-16)5-2-6-18-8-13/h1,3-4,12,17H,2,5-6,8H2. The van der Waals surface area contributed by atoms with Crippen LogP contribution in [0.4, 0.5) is 0 Å². The molecule has 1 aliphatic heterocycles. The van der Waals surface area contributed by atoms with Gasteiger partial charge in [-0.2, -0.15) is 5.26 Å². The minimum absolute atomic E-state index is 0.201. The first-order valence-corrected chi connectivity index (χ1v) is 6.47. The van der Waals surface area contributed by atoms with Crippen molar-refractivity contribution in [3.63, 3.8) is 0 Å². The van der Waals surface area contributed by atoms with Crippen LogP contribution in [-0.4, -0.2) is 18.3 Å². The summed E-state index contributed by atoms with van der Waals surface area (Å²) in [6, 6.07) is 7.19. The van der Waals surface area contributed by atoms with E-state index in [0.717, 1.165) is 6.42 Å². The van der Waals surface area contributed by atoms with Gasteiger partial charge in [-0.3, -0.25) is 0 Å². The van der Waals surface area contributed by atoms with Gasteiger partial charge in [0.05, 0.1) is 12.7 Å². The molecule has 2 unspecified atom stereocenters. The largest absolute Gasteiger partial charge is 0.387 e. The van der Waals surface area contributed by atoms with Gasteiger partial charge < -0.3 is 9.84 Å². The van der Waals surface area contributed by atoms with E-state index in [-0.39, 0.29) is 6.61 Å². The first kappa shape index (κ1) is 13.6. The highest BCUT2D eigenvalue weighted by Crippen LogP contribution is 2.44. The second-order valence-corrected chi connectivity index (χ2v) is 5.28. The van der Waals surface area contributed by atoms with E-state index in [1.807, 2.05) is 0 Å². The number of rotatable bonds is 2. The summed E-state index contributed by atoms with van der Waals surface area (Å²) in [4.78, 5) is 0. The molecule has 0 aromatic heterocycles. The number of hydrogen-bond donors (Lipinski definition) is 1. The zero-order chi connectivity index (χ0) is 13.2. The number of aliphatic hydroxyl groups is 1. The van der Waals surface area contributed by atoms with Gasteiger partial charge in [0, 0.05) is 22.2 Å². The predicted molar refractivity (Wildman–Crippen MR) is 69.5 cm³/mol. The third-order valence-electron chi connectivity index (χ3n) is 3.29. The molecule has 0 bridgehead atoms. The fraction of sp³-hybridized carbons (Fsp3) is 0.462. The SMILES string of the molecule is N#CC1(C(O)c2c(Cl)cccc2Cl)CCCOC1. The zero-order valence-electron chi connectivity index (χ0n) is 9.70. The van der Waals surface area contributed by atoms with Crippen molar-refractivity contribution in [2.75, 3.05) is 13.2 Å². The average Bonchev–Trinajstić information content (AvgIpc) is 2.39. The van der Waals surface area contributed by atoms with Gasteiger partial charge >= 0.3 is 0 Å². The molecule has 96 valence electrons. The first-order chi connectivity index (χ1) is 8.60. The molecule has 0 saturated carbocycles. The van der Waals surface area contributed by atoms with Crippen molar-refractivity contribution >= 4 is 23.2 Å². The number of halogens is 2. The number of nitriles is 1. The quantitative estimate of drug-likeness (QED) is 0.907. The van der Waals surface area contributed by atoms with E-state index in [4.69, 9.17) is 27.9 Å². The highest BCUT2D eigenvalue weighted by Gasteiger charge is 2.42. The minimum Gasteiger partial charge on any atom is -0.387 e. The third kappa shape index (κ3) is 2.34. The van der Waals surface area contributed by atoms with Gasteiger partial charge in [-0.05, 0) is 25.0 Å². The molecule has 18 heavy (non-hydrogen) atoms. The van der Waals surface area contributed by atoms with Crippen molar-refractivity contribution in [1.29, 1.82) is 5.26 Å². The van der Waals surface area contributed by atoms with Gasteiger partial charge in [-0.25, -0.2) is 0 Å². The number of aliphatic hydroxyl groups excluding tert-OH is 1. The van der Waals surface area contributed by atoms with Gasteiger partial charge in [0.1, 0.15) is 11.5 Å². The summed E-state index contributed by atoms with van der Waals surface area (Å²) in [6.07, 6.45) is 0.280. The van der Waals surface area contributed by atoms with Crippen molar-refractivity contribution in [2.24, 2.45) is 5.41 Å². The van der Waals surface area contributed by atoms with E-state index in [1.54, 1.807) is 18.2 Å². The molecule has 0 spiro atoms. The Hall–Kier alpha value is -0.790. The summed E-state index contributed by atoms with van der Waals surface area (Å²) >= 11 is 12.1. The van der Waals surface area contributed by atoms with E-state index in [9.17, 15) is 10.4 Å². The van der Waals surface area contributed by atoms with Gasteiger partial charge in [0.15, 0.2) is 0 Å². The van der Waals surface area contributed by atoms with E-state index in [2.05, 4.69) is 6.07 Å². The Morgan fingerprint density at radius 1 is 1.39 bits per heavy atom. The second-order valence-electron chi connectivity index (χ2n) is 4.46. The van der Waals surface area contributed by atoms with Crippen LogP contribution in [0.5, 0.6) is 0 Å². The van der Waals surface area contributed by atoms with Crippen LogP contribution in [-0.2, 0) is 4.74 Å². The zero-order valence-corrected chi connectivity index (χ0v) is 11.2. The van der Waals surface area contributed by atoms with Crippen LogP contribution < -0.4 is 0 Å². The maximum absolute atomic E-state index is 10.5. The molecule has 2 rings (SSSR count). The van der Waals surface area contributed by atoms with Crippen LogP contribution in [0.1, 0.15) is 24.5 Å². The molecule has 1 fully saturated rings. The van der Waals surface area contributed by atoms with Crippen molar-refractivity contribution in [3.8, 4) is 6.07 Å². The Kier molecular flexibility index (Phi) is 4.14. The van der Waals surface area contributed by atoms with Gasteiger partial charge in [0.25, 0.3) is 0 Å². The molecule has 5 heteroatoms. The second kappa shape index (κ2) is 5.46. The maximum atomic E-state index is 10.5. The molecule has 1 N–H and O–H groups in total. The molecule has 0 amide bonds. The van der Waals surface area contributed by atoms with Crippen molar-refractivity contribution in [3.05, 3.63) is 33.8 Å². The Balaban J connectivity index is 2.41. The molecular formula is C13H13Cl2NO2. The lowest BCUT2D eigenvalue weighted by Crippen LogP contribution is -2.36. The fourth-order valence-electron chi connectivity index (χ4n) is 2.23. The lowest BCUT2D eigenvalue weighted by Gasteiger charge is -2.35. The molecule has 1 saturated heterocycles. The van der Waals surface area contributed by atoms with Crippen LogP contribution >= 0.6 is 23.2 Å². The number of benzene rings is 1. The Labute approximate surface area is 116 Å². The number of ether oxygens (including phenoxy) is 1. The summed E-state index contributed by atoms with van der Waals surface area (Å²) < 4.78 is 5.33. The Morgan fingerprint density at radius 2 is 2.06 bits per heavy atom. The highest BCUT2D eigenvalue weighted by atomic mass is 35.5. The maximum Gasteiger partial charge on any atom is 0.111 e. The van der Waals surface area contributed by atoms with E-state index >= 15 is 0 Å². The molecule has 0 radical (unpaired) electrons. The normalized spacial score (nSPS) is 25.4. The van der Waals surface area contributed by atoms with Crippen LogP contribution in [0.15, 0.2) is 18.2 Å². The van der Waals surface area contributed by atoms with Crippen molar-refractivity contribution in [1.82, 2.24) is 0 Å². The molecular weight excluding hydrogens is 273 g/mol. The smallest absolute Gasteiger partial charge is 0.111 e. The van der Waals surface area contributed by atoms with Crippen LogP contribution in [0.3, 0.4) is 0 Å². The number of nitrogens with zero attached hydrogens (tertiary/aromatic N) is 1. The fourth-order valence-corrected chi connectivity index (χ4v) is 2.83. The molecule has 0 aliphatic carbocycles. The van der Waals surface area contributed by atoms with E-state index in [1.165, 1.54) is 0 Å². The Bertz CT molecular complexity index is 458. The predicted octanol–water partition coefficient (Wildman–Crippen LogP) is 3.35. The summed E-state index contributed by atoms with van der Waals surface area (Å²) in [5.41, 5.74) is -0.555. The summed E-state index contributed by atoms with van der Waals surface area (Å²) in [5.74, 6) is 0. The van der Waals surface area contributed by atoms with Gasteiger partial charge in [-0.15, -0.1) is 0 Å².